The summed E-state index contributed by atoms with van der Waals surface area (Å²) in [7, 11) is 1.33. The van der Waals surface area contributed by atoms with Crippen LogP contribution in [-0.2, 0) is 9.53 Å². The molecular formula is C12H21N3O3. The molecule has 0 aromatic heterocycles. The minimum Gasteiger partial charge on any atom is -0.453 e. The molecule has 1 heterocycles. The first-order valence-electron chi connectivity index (χ1n) is 6.38. The van der Waals surface area contributed by atoms with E-state index in [0.29, 0.717) is 19.0 Å². The molecule has 2 fully saturated rings. The maximum atomic E-state index is 12.3. The molecule has 2 rings (SSSR count). The zero-order valence-corrected chi connectivity index (χ0v) is 10.9. The third-order valence-electron chi connectivity index (χ3n) is 3.87. The molecule has 0 bridgehead atoms. The van der Waals surface area contributed by atoms with Gasteiger partial charge in [-0.05, 0) is 32.1 Å². The van der Waals surface area contributed by atoms with Gasteiger partial charge in [0.15, 0.2) is 0 Å². The number of nitrogens with one attached hydrogen (secondary N) is 1. The summed E-state index contributed by atoms with van der Waals surface area (Å²) >= 11 is 0. The van der Waals surface area contributed by atoms with Crippen LogP contribution in [0.2, 0.25) is 0 Å². The molecule has 18 heavy (non-hydrogen) atoms. The number of ether oxygens (including phenoxy) is 1. The van der Waals surface area contributed by atoms with Crippen molar-refractivity contribution in [1.29, 1.82) is 0 Å². The van der Waals surface area contributed by atoms with Crippen LogP contribution in [0, 0.1) is 5.92 Å². The van der Waals surface area contributed by atoms with Gasteiger partial charge in [-0.25, -0.2) is 4.79 Å². The Hall–Kier alpha value is -1.30. The van der Waals surface area contributed by atoms with Gasteiger partial charge in [-0.3, -0.25) is 4.79 Å². The summed E-state index contributed by atoms with van der Waals surface area (Å²) in [6.45, 7) is 2.98. The largest absolute Gasteiger partial charge is 0.453 e. The molecule has 1 aliphatic carbocycles. The van der Waals surface area contributed by atoms with E-state index in [9.17, 15) is 9.59 Å². The van der Waals surface area contributed by atoms with Crippen molar-refractivity contribution in [2.75, 3.05) is 20.2 Å². The van der Waals surface area contributed by atoms with Crippen molar-refractivity contribution in [3.05, 3.63) is 0 Å². The molecule has 2 atom stereocenters. The Balaban J connectivity index is 1.88. The topological polar surface area (TPSA) is 84.7 Å². The fourth-order valence-electron chi connectivity index (χ4n) is 2.49. The third kappa shape index (κ3) is 2.58. The van der Waals surface area contributed by atoms with Crippen molar-refractivity contribution in [2.24, 2.45) is 11.7 Å². The van der Waals surface area contributed by atoms with Crippen molar-refractivity contribution in [2.45, 2.75) is 37.8 Å². The molecule has 1 saturated carbocycles. The van der Waals surface area contributed by atoms with Crippen LogP contribution in [0.25, 0.3) is 0 Å². The first-order valence-corrected chi connectivity index (χ1v) is 6.38. The molecule has 1 saturated heterocycles. The van der Waals surface area contributed by atoms with Gasteiger partial charge >= 0.3 is 6.09 Å². The maximum absolute atomic E-state index is 12.3. The second-order valence-corrected chi connectivity index (χ2v) is 5.43. The van der Waals surface area contributed by atoms with Crippen LogP contribution in [0.4, 0.5) is 4.79 Å². The quantitative estimate of drug-likeness (QED) is 0.747. The lowest BCUT2D eigenvalue weighted by atomic mass is 9.95. The summed E-state index contributed by atoms with van der Waals surface area (Å²) in [6.07, 6.45) is 2.38. The van der Waals surface area contributed by atoms with Crippen LogP contribution in [0.15, 0.2) is 0 Å². The molecule has 1 aliphatic heterocycles. The van der Waals surface area contributed by atoms with Gasteiger partial charge in [0.1, 0.15) is 0 Å². The van der Waals surface area contributed by atoms with Crippen LogP contribution in [0.1, 0.15) is 26.2 Å². The number of amides is 2. The third-order valence-corrected chi connectivity index (χ3v) is 3.87. The smallest absolute Gasteiger partial charge is 0.407 e. The lowest BCUT2D eigenvalue weighted by Gasteiger charge is -2.29. The van der Waals surface area contributed by atoms with Crippen molar-refractivity contribution in [3.8, 4) is 0 Å². The second kappa shape index (κ2) is 4.76. The van der Waals surface area contributed by atoms with Crippen molar-refractivity contribution in [1.82, 2.24) is 10.2 Å². The lowest BCUT2D eigenvalue weighted by Crippen LogP contribution is -2.54. The van der Waals surface area contributed by atoms with Gasteiger partial charge in [-0.15, -0.1) is 0 Å². The summed E-state index contributed by atoms with van der Waals surface area (Å²) in [5.74, 6) is 0.316. The van der Waals surface area contributed by atoms with E-state index >= 15 is 0 Å². The van der Waals surface area contributed by atoms with E-state index in [1.54, 1.807) is 4.90 Å². The Morgan fingerprint density at radius 2 is 2.06 bits per heavy atom. The van der Waals surface area contributed by atoms with E-state index in [-0.39, 0.29) is 11.9 Å². The van der Waals surface area contributed by atoms with E-state index in [1.165, 1.54) is 7.11 Å². The van der Waals surface area contributed by atoms with Gasteiger partial charge in [-0.2, -0.15) is 0 Å². The Kier molecular flexibility index (Phi) is 3.47. The molecule has 0 aromatic carbocycles. The van der Waals surface area contributed by atoms with Gasteiger partial charge in [0.05, 0.1) is 18.7 Å². The first-order chi connectivity index (χ1) is 8.45. The molecule has 6 nitrogen and oxygen atoms in total. The van der Waals surface area contributed by atoms with E-state index in [1.807, 2.05) is 6.92 Å². The molecule has 2 amide bonds. The average Bonchev–Trinajstić information content (AvgIpc) is 3.10. The summed E-state index contributed by atoms with van der Waals surface area (Å²) in [5.41, 5.74) is 5.37. The monoisotopic (exact) mass is 255 g/mol. The summed E-state index contributed by atoms with van der Waals surface area (Å²) in [6, 6.07) is -0.0311. The number of alkyl carbamates (subject to hydrolysis) is 1. The Morgan fingerprint density at radius 1 is 1.39 bits per heavy atom. The molecule has 2 unspecified atom stereocenters. The number of hydrogen-bond acceptors (Lipinski definition) is 4. The highest BCUT2D eigenvalue weighted by Gasteiger charge is 2.47. The van der Waals surface area contributed by atoms with Gasteiger partial charge in [0, 0.05) is 13.1 Å². The summed E-state index contributed by atoms with van der Waals surface area (Å²) in [5, 5.41) is 2.71. The Morgan fingerprint density at radius 3 is 2.61 bits per heavy atom. The fraction of sp³-hybridized carbons (Fsp3) is 0.833. The second-order valence-electron chi connectivity index (χ2n) is 5.43. The number of carbonyl (C=O) groups is 2. The Bertz CT molecular complexity index is 352. The predicted octanol–water partition coefficient (Wildman–Crippen LogP) is 0.0707. The minimum absolute atomic E-state index is 0.000772. The Labute approximate surface area is 107 Å². The van der Waals surface area contributed by atoms with Crippen LogP contribution < -0.4 is 11.1 Å². The standard InChI is InChI=1S/C12H21N3O3/c1-12(13,8-3-4-8)10(16)15-6-5-9(7-15)14-11(17)18-2/h8-9H,3-7,13H2,1-2H3,(H,14,17). The number of carbonyl (C=O) groups excluding carboxylic acids is 2. The zero-order chi connectivity index (χ0) is 13.3. The number of methoxy groups -OCH3 is 1. The van der Waals surface area contributed by atoms with Gasteiger partial charge in [-0.1, -0.05) is 0 Å². The van der Waals surface area contributed by atoms with E-state index in [0.717, 1.165) is 19.3 Å². The number of nitrogens with two attached hydrogens (primary N) is 1. The van der Waals surface area contributed by atoms with Crippen molar-refractivity contribution in [3.63, 3.8) is 0 Å². The normalized spacial score (nSPS) is 26.6. The van der Waals surface area contributed by atoms with Crippen molar-refractivity contribution < 1.29 is 14.3 Å². The maximum Gasteiger partial charge on any atom is 0.407 e. The highest BCUT2D eigenvalue weighted by molar-refractivity contribution is 5.86. The average molecular weight is 255 g/mol. The van der Waals surface area contributed by atoms with Crippen LogP contribution in [-0.4, -0.2) is 48.7 Å². The summed E-state index contributed by atoms with van der Waals surface area (Å²) in [4.78, 5) is 25.2. The number of nitrogens with zero attached hydrogens (tertiary/aromatic N) is 1. The minimum atomic E-state index is -0.750. The van der Waals surface area contributed by atoms with Gasteiger partial charge in [0.25, 0.3) is 0 Å². The number of hydrogen-bond donors (Lipinski definition) is 2. The molecule has 0 radical (unpaired) electrons. The number of rotatable bonds is 3. The van der Waals surface area contributed by atoms with Crippen LogP contribution in [0.5, 0.6) is 0 Å². The van der Waals surface area contributed by atoms with Crippen LogP contribution >= 0.6 is 0 Å². The molecule has 2 aliphatic rings. The van der Waals surface area contributed by atoms with Gasteiger partial charge in [0.2, 0.25) is 5.91 Å². The zero-order valence-electron chi connectivity index (χ0n) is 10.9. The highest BCUT2D eigenvalue weighted by Crippen LogP contribution is 2.39. The molecular weight excluding hydrogens is 234 g/mol. The molecule has 0 spiro atoms. The highest BCUT2D eigenvalue weighted by atomic mass is 16.5. The summed E-state index contributed by atoms with van der Waals surface area (Å²) < 4.78 is 4.55. The van der Waals surface area contributed by atoms with E-state index in [4.69, 9.17) is 5.73 Å². The molecule has 0 aromatic rings. The van der Waals surface area contributed by atoms with E-state index in [2.05, 4.69) is 10.1 Å². The lowest BCUT2D eigenvalue weighted by molar-refractivity contribution is -0.136. The molecule has 102 valence electrons. The fourth-order valence-corrected chi connectivity index (χ4v) is 2.49. The first kappa shape index (κ1) is 13.1. The van der Waals surface area contributed by atoms with E-state index < -0.39 is 11.6 Å². The van der Waals surface area contributed by atoms with Crippen molar-refractivity contribution >= 4 is 12.0 Å². The van der Waals surface area contributed by atoms with Crippen LogP contribution in [0.3, 0.4) is 0 Å². The SMILES string of the molecule is COC(=O)NC1CCN(C(=O)C(C)(N)C2CC2)C1. The van der Waals surface area contributed by atoms with Gasteiger partial charge < -0.3 is 20.7 Å². The number of likely N-dealkylation sites (tertiary alicyclic amines) is 1. The predicted molar refractivity (Wildman–Crippen MR) is 65.8 cm³/mol. The molecule has 6 heteroatoms. The molecule has 3 N–H and O–H groups in total.